The summed E-state index contributed by atoms with van der Waals surface area (Å²) in [5, 5.41) is 12.2. The summed E-state index contributed by atoms with van der Waals surface area (Å²) in [5.74, 6) is -0.672. The normalized spacial score (nSPS) is 21.0. The molecule has 8 heteroatoms. The van der Waals surface area contributed by atoms with Crippen LogP contribution in [0.4, 0.5) is 4.79 Å². The zero-order valence-corrected chi connectivity index (χ0v) is 17.8. The summed E-state index contributed by atoms with van der Waals surface area (Å²) in [4.78, 5) is 39.6. The quantitative estimate of drug-likeness (QED) is 0.740. The Morgan fingerprint density at radius 1 is 1.19 bits per heavy atom. The van der Waals surface area contributed by atoms with Crippen LogP contribution in [-0.4, -0.2) is 59.2 Å². The van der Waals surface area contributed by atoms with Gasteiger partial charge in [0, 0.05) is 19.5 Å². The van der Waals surface area contributed by atoms with Crippen molar-refractivity contribution in [2.24, 2.45) is 0 Å². The first-order valence-corrected chi connectivity index (χ1v) is 10.7. The highest BCUT2D eigenvalue weighted by molar-refractivity contribution is 5.93. The first-order valence-electron chi connectivity index (χ1n) is 10.7. The summed E-state index contributed by atoms with van der Waals surface area (Å²) in [5.41, 5.74) is 2.96. The smallest absolute Gasteiger partial charge is 0.410 e. The summed E-state index contributed by atoms with van der Waals surface area (Å²) in [6, 6.07) is 13.5. The lowest BCUT2D eigenvalue weighted by atomic mass is 10.0. The first kappa shape index (κ1) is 21.8. The van der Waals surface area contributed by atoms with Gasteiger partial charge in [-0.25, -0.2) is 4.79 Å². The molecule has 3 unspecified atom stereocenters. The molecule has 2 aliphatic heterocycles. The molecule has 2 amide bonds. The number of carbonyl (C=O) groups excluding carboxylic acids is 3. The summed E-state index contributed by atoms with van der Waals surface area (Å²) in [6.45, 7) is 2.56. The number of benzene rings is 2. The molecule has 2 N–H and O–H groups in total. The second-order valence-corrected chi connectivity index (χ2v) is 8.15. The monoisotopic (exact) mass is 438 g/mol. The lowest BCUT2D eigenvalue weighted by Crippen LogP contribution is -2.50. The second kappa shape index (κ2) is 9.40. The number of nitrogens with one attached hydrogen (secondary N) is 1. The summed E-state index contributed by atoms with van der Waals surface area (Å²) in [7, 11) is 0. The van der Waals surface area contributed by atoms with Gasteiger partial charge in [0.05, 0.1) is 6.10 Å². The summed E-state index contributed by atoms with van der Waals surface area (Å²) >= 11 is 0. The van der Waals surface area contributed by atoms with E-state index in [-0.39, 0.29) is 24.6 Å². The molecule has 1 fully saturated rings. The van der Waals surface area contributed by atoms with Crippen LogP contribution in [0.25, 0.3) is 0 Å². The van der Waals surface area contributed by atoms with Crippen molar-refractivity contribution in [2.45, 2.75) is 44.6 Å². The van der Waals surface area contributed by atoms with E-state index >= 15 is 0 Å². The van der Waals surface area contributed by atoms with Gasteiger partial charge in [-0.05, 0) is 42.2 Å². The van der Waals surface area contributed by atoms with Crippen molar-refractivity contribution < 1.29 is 29.0 Å². The Morgan fingerprint density at radius 3 is 2.59 bits per heavy atom. The van der Waals surface area contributed by atoms with Crippen molar-refractivity contribution in [3.05, 3.63) is 65.2 Å². The average Bonchev–Trinajstić information content (AvgIpc) is 3.11. The lowest BCUT2D eigenvalue weighted by molar-refractivity contribution is -0.133. The van der Waals surface area contributed by atoms with Crippen molar-refractivity contribution in [2.75, 3.05) is 13.2 Å². The highest BCUT2D eigenvalue weighted by atomic mass is 16.6. The van der Waals surface area contributed by atoms with Crippen LogP contribution in [0.3, 0.4) is 0 Å². The largest absolute Gasteiger partial charge is 0.508 e. The topological polar surface area (TPSA) is 105 Å². The second-order valence-electron chi connectivity index (χ2n) is 8.15. The van der Waals surface area contributed by atoms with Crippen molar-refractivity contribution >= 4 is 17.8 Å². The molecule has 32 heavy (non-hydrogen) atoms. The Labute approximate surface area is 186 Å². The van der Waals surface area contributed by atoms with E-state index in [1.54, 1.807) is 24.0 Å². The van der Waals surface area contributed by atoms with Crippen molar-refractivity contribution in [1.82, 2.24) is 10.2 Å². The molecule has 2 aliphatic rings. The minimum absolute atomic E-state index is 0.0539. The van der Waals surface area contributed by atoms with Crippen molar-refractivity contribution in [3.63, 3.8) is 0 Å². The minimum Gasteiger partial charge on any atom is -0.508 e. The molecule has 168 valence electrons. The van der Waals surface area contributed by atoms with Gasteiger partial charge in [-0.3, -0.25) is 9.59 Å². The number of nitrogens with zero attached hydrogens (tertiary/aromatic N) is 1. The van der Waals surface area contributed by atoms with Crippen LogP contribution >= 0.6 is 0 Å². The fourth-order valence-corrected chi connectivity index (χ4v) is 3.99. The first-order chi connectivity index (χ1) is 15.4. The molecule has 0 radical (unpaired) electrons. The van der Waals surface area contributed by atoms with Gasteiger partial charge < -0.3 is 24.8 Å². The highest BCUT2D eigenvalue weighted by Crippen LogP contribution is 2.20. The van der Waals surface area contributed by atoms with Gasteiger partial charge in [0.2, 0.25) is 0 Å². The van der Waals surface area contributed by atoms with Crippen LogP contribution in [0.5, 0.6) is 5.75 Å². The number of fused-ring (bicyclic) bond motifs is 1. The van der Waals surface area contributed by atoms with Gasteiger partial charge in [-0.15, -0.1) is 0 Å². The molecule has 0 aromatic heterocycles. The number of ether oxygens (including phenoxy) is 2. The number of hydrogen-bond acceptors (Lipinski definition) is 6. The minimum atomic E-state index is -1.13. The van der Waals surface area contributed by atoms with E-state index in [2.05, 4.69) is 5.32 Å². The predicted octanol–water partition coefficient (Wildman–Crippen LogP) is 1.97. The third-order valence-electron chi connectivity index (χ3n) is 5.88. The maximum absolute atomic E-state index is 13.0. The van der Waals surface area contributed by atoms with Crippen LogP contribution < -0.4 is 5.32 Å². The number of carbonyl (C=O) groups is 3. The number of Topliss-reactive ketones (excluding diaryl/α,β-unsaturated/α-hetero) is 1. The molecule has 1 saturated heterocycles. The van der Waals surface area contributed by atoms with Gasteiger partial charge in [0.25, 0.3) is 5.91 Å². The zero-order valence-electron chi connectivity index (χ0n) is 17.8. The number of ketones is 1. The van der Waals surface area contributed by atoms with E-state index in [4.69, 9.17) is 9.47 Å². The Hall–Kier alpha value is -3.39. The summed E-state index contributed by atoms with van der Waals surface area (Å²) in [6.07, 6.45) is -1.34. The van der Waals surface area contributed by atoms with Crippen LogP contribution in [-0.2, 0) is 38.4 Å². The Bertz CT molecular complexity index is 1010. The number of aromatic hydroxyl groups is 1. The molecular formula is C24H26N2O6. The number of hydrogen-bond donors (Lipinski definition) is 2. The van der Waals surface area contributed by atoms with E-state index in [1.165, 1.54) is 17.7 Å². The molecule has 4 rings (SSSR count). The van der Waals surface area contributed by atoms with Gasteiger partial charge in [0.15, 0.2) is 11.9 Å². The number of rotatable bonds is 5. The maximum Gasteiger partial charge on any atom is 0.410 e. The Kier molecular flexibility index (Phi) is 6.41. The number of phenolic OH excluding ortho intramolecular Hbond substituents is 1. The lowest BCUT2D eigenvalue weighted by Gasteiger charge is -2.30. The van der Waals surface area contributed by atoms with Crippen LogP contribution in [0.15, 0.2) is 48.5 Å². The van der Waals surface area contributed by atoms with Gasteiger partial charge in [0.1, 0.15) is 18.4 Å². The predicted molar refractivity (Wildman–Crippen MR) is 115 cm³/mol. The SMILES string of the molecule is CC1OCC(=O)C1NC(=O)C(Cc1ccc(O)cc1)OC(=O)N1CCc2ccccc2C1. The van der Waals surface area contributed by atoms with Crippen molar-refractivity contribution in [3.8, 4) is 5.75 Å². The van der Waals surface area contributed by atoms with E-state index < -0.39 is 30.3 Å². The third-order valence-corrected chi connectivity index (χ3v) is 5.88. The zero-order chi connectivity index (χ0) is 22.7. The van der Waals surface area contributed by atoms with E-state index in [0.717, 1.165) is 5.56 Å². The van der Waals surface area contributed by atoms with Crippen LogP contribution in [0, 0.1) is 0 Å². The van der Waals surface area contributed by atoms with E-state index in [9.17, 15) is 19.5 Å². The van der Waals surface area contributed by atoms with E-state index in [1.807, 2.05) is 24.3 Å². The van der Waals surface area contributed by atoms with Gasteiger partial charge in [-0.2, -0.15) is 0 Å². The number of phenols is 1. The molecule has 3 atom stereocenters. The molecule has 2 aromatic rings. The van der Waals surface area contributed by atoms with Crippen LogP contribution in [0.1, 0.15) is 23.6 Å². The van der Waals surface area contributed by atoms with Gasteiger partial charge in [-0.1, -0.05) is 36.4 Å². The van der Waals surface area contributed by atoms with Gasteiger partial charge >= 0.3 is 6.09 Å². The Morgan fingerprint density at radius 2 is 1.91 bits per heavy atom. The number of amides is 2. The molecule has 0 saturated carbocycles. The van der Waals surface area contributed by atoms with E-state index in [0.29, 0.717) is 25.1 Å². The maximum atomic E-state index is 13.0. The molecule has 0 aliphatic carbocycles. The van der Waals surface area contributed by atoms with Crippen LogP contribution in [0.2, 0.25) is 0 Å². The average molecular weight is 438 g/mol. The van der Waals surface area contributed by atoms with Crippen molar-refractivity contribution in [1.29, 1.82) is 0 Å². The molecule has 2 aromatic carbocycles. The highest BCUT2D eigenvalue weighted by Gasteiger charge is 2.37. The molecule has 8 nitrogen and oxygen atoms in total. The fraction of sp³-hybridized carbons (Fsp3) is 0.375. The molecule has 0 spiro atoms. The molecule has 2 heterocycles. The standard InChI is InChI=1S/C24H26N2O6/c1-15-22(20(28)14-31-15)25-23(29)21(12-16-6-8-19(27)9-7-16)32-24(30)26-11-10-17-4-2-3-5-18(17)13-26/h2-9,15,21-22,27H,10-14H2,1H3,(H,25,29). The third kappa shape index (κ3) is 4.91. The molecule has 0 bridgehead atoms. The fourth-order valence-electron chi connectivity index (χ4n) is 3.99. The Balaban J connectivity index is 1.48. The summed E-state index contributed by atoms with van der Waals surface area (Å²) < 4.78 is 10.9. The molecular weight excluding hydrogens is 412 g/mol.